The third-order valence-corrected chi connectivity index (χ3v) is 5.09. The van der Waals surface area contributed by atoms with Crippen LogP contribution in [-0.2, 0) is 0 Å². The Morgan fingerprint density at radius 3 is 2.67 bits per heavy atom. The summed E-state index contributed by atoms with van der Waals surface area (Å²) in [4.78, 5) is 19.9. The summed E-state index contributed by atoms with van der Waals surface area (Å²) in [7, 11) is 1.74. The van der Waals surface area contributed by atoms with Crippen molar-refractivity contribution in [2.24, 2.45) is 10.7 Å². The van der Waals surface area contributed by atoms with Crippen LogP contribution in [0.15, 0.2) is 72.0 Å². The van der Waals surface area contributed by atoms with Crippen molar-refractivity contribution in [1.29, 1.82) is 0 Å². The molecule has 1 amide bonds. The fourth-order valence-electron chi connectivity index (χ4n) is 3.40. The minimum Gasteiger partial charge on any atom is -0.453 e. The van der Waals surface area contributed by atoms with Crippen molar-refractivity contribution in [3.8, 4) is 28.4 Å². The van der Waals surface area contributed by atoms with Gasteiger partial charge in [0.1, 0.15) is 17.9 Å². The number of aliphatic imine (C=N–C) groups is 1. The van der Waals surface area contributed by atoms with Crippen LogP contribution in [0.25, 0.3) is 11.1 Å². The molecule has 0 saturated carbocycles. The van der Waals surface area contributed by atoms with E-state index in [2.05, 4.69) is 14.7 Å². The van der Waals surface area contributed by atoms with Gasteiger partial charge in [0.2, 0.25) is 0 Å². The van der Waals surface area contributed by atoms with Gasteiger partial charge in [0.25, 0.3) is 5.91 Å². The number of hydrogen-bond donors (Lipinski definition) is 1. The number of nitrogens with two attached hydrogens (primary N) is 1. The molecule has 0 unspecified atom stereocenters. The smallest absolute Gasteiger partial charge is 0.453 e. The average Bonchev–Trinajstić information content (AvgIpc) is 2.85. The van der Waals surface area contributed by atoms with Crippen LogP contribution >= 0.6 is 0 Å². The highest BCUT2D eigenvalue weighted by Gasteiger charge is 2.34. The molecule has 1 aliphatic rings. The number of hydrogen-bond acceptors (Lipinski definition) is 7. The topological polar surface area (TPSA) is 93.3 Å². The van der Waals surface area contributed by atoms with Crippen LogP contribution in [0.2, 0.25) is 0 Å². The number of pyridine rings is 1. The molecule has 1 aliphatic heterocycles. The number of rotatable bonds is 7. The number of aromatic nitrogens is 1. The SMILES string of the molecule is CN(c1cc(Oc2cccc(-c3ccc(F)c(C(N)=O)c3)c2OC(F)(F)F)ccn1)N1C=NC=CC1. The number of ether oxygens (including phenoxy) is 2. The Morgan fingerprint density at radius 1 is 1.17 bits per heavy atom. The van der Waals surface area contributed by atoms with E-state index in [4.69, 9.17) is 10.5 Å². The number of hydrazine groups is 1. The maximum absolute atomic E-state index is 14.0. The number of nitrogens with zero attached hydrogens (tertiary/aromatic N) is 4. The van der Waals surface area contributed by atoms with Crippen molar-refractivity contribution < 1.29 is 31.8 Å². The summed E-state index contributed by atoms with van der Waals surface area (Å²) in [6, 6.07) is 10.2. The Hall–Kier alpha value is -4.61. The van der Waals surface area contributed by atoms with Crippen LogP contribution in [0.4, 0.5) is 23.4 Å². The van der Waals surface area contributed by atoms with Crippen LogP contribution in [0.1, 0.15) is 10.4 Å². The van der Waals surface area contributed by atoms with Crippen molar-refractivity contribution in [3.05, 3.63) is 78.4 Å². The van der Waals surface area contributed by atoms with E-state index in [0.29, 0.717) is 12.4 Å². The predicted octanol–water partition coefficient (Wildman–Crippen LogP) is 4.89. The lowest BCUT2D eigenvalue weighted by Crippen LogP contribution is -2.40. The molecule has 12 heteroatoms. The van der Waals surface area contributed by atoms with Gasteiger partial charge in [0.05, 0.1) is 12.1 Å². The molecular weight excluding hydrogens is 482 g/mol. The van der Waals surface area contributed by atoms with E-state index < -0.39 is 29.4 Å². The van der Waals surface area contributed by atoms with Crippen molar-refractivity contribution in [3.63, 3.8) is 0 Å². The lowest BCUT2D eigenvalue weighted by molar-refractivity contribution is -0.274. The standard InChI is InChI=1S/C24H19F4N5O3/c1-32(33-11-3-9-30-14-33)21-13-16(8-10-31-21)35-20-5-2-4-17(22(20)36-24(26,27)28)15-6-7-19(25)18(12-15)23(29)34/h2-10,12-14H,11H2,1H3,(H2,29,34). The van der Waals surface area contributed by atoms with E-state index in [1.807, 2.05) is 6.08 Å². The molecule has 0 atom stereocenters. The molecule has 186 valence electrons. The summed E-state index contributed by atoms with van der Waals surface area (Å²) in [5.41, 5.74) is 4.69. The van der Waals surface area contributed by atoms with Crippen molar-refractivity contribution in [1.82, 2.24) is 9.99 Å². The summed E-state index contributed by atoms with van der Waals surface area (Å²) < 4.78 is 64.1. The number of benzene rings is 2. The zero-order valence-corrected chi connectivity index (χ0v) is 18.7. The van der Waals surface area contributed by atoms with E-state index in [1.54, 1.807) is 29.6 Å². The maximum atomic E-state index is 14.0. The van der Waals surface area contributed by atoms with Gasteiger partial charge in [0.15, 0.2) is 17.3 Å². The number of carbonyl (C=O) groups is 1. The number of alkyl halides is 3. The monoisotopic (exact) mass is 501 g/mol. The van der Waals surface area contributed by atoms with E-state index in [9.17, 15) is 22.4 Å². The van der Waals surface area contributed by atoms with Gasteiger partial charge in [-0.05, 0) is 35.9 Å². The van der Waals surface area contributed by atoms with Crippen LogP contribution in [0.5, 0.6) is 17.2 Å². The summed E-state index contributed by atoms with van der Waals surface area (Å²) in [6.07, 6.45) is 1.45. The predicted molar refractivity (Wildman–Crippen MR) is 124 cm³/mol. The Bertz CT molecular complexity index is 1340. The molecule has 36 heavy (non-hydrogen) atoms. The van der Waals surface area contributed by atoms with Crippen molar-refractivity contribution in [2.75, 3.05) is 18.6 Å². The summed E-state index contributed by atoms with van der Waals surface area (Å²) in [6.45, 7) is 0.545. The molecule has 0 aliphatic carbocycles. The molecule has 2 N–H and O–H groups in total. The number of primary amides is 1. The first kappa shape index (κ1) is 24.5. The number of anilines is 1. The highest BCUT2D eigenvalue weighted by atomic mass is 19.4. The molecule has 0 radical (unpaired) electrons. The van der Waals surface area contributed by atoms with Gasteiger partial charge in [-0.3, -0.25) is 14.8 Å². The van der Waals surface area contributed by atoms with Crippen molar-refractivity contribution >= 4 is 18.1 Å². The second-order valence-electron chi connectivity index (χ2n) is 7.49. The van der Waals surface area contributed by atoms with E-state index in [1.165, 1.54) is 42.6 Å². The molecule has 0 bridgehead atoms. The molecule has 0 fully saturated rings. The van der Waals surface area contributed by atoms with Crippen molar-refractivity contribution in [2.45, 2.75) is 6.36 Å². The fourth-order valence-corrected chi connectivity index (χ4v) is 3.40. The molecule has 8 nitrogen and oxygen atoms in total. The molecule has 3 aromatic rings. The molecule has 2 heterocycles. The Labute approximate surface area is 202 Å². The van der Waals surface area contributed by atoms with Crippen LogP contribution in [-0.4, -0.2) is 42.2 Å². The first-order chi connectivity index (χ1) is 17.1. The van der Waals surface area contributed by atoms with Gasteiger partial charge < -0.3 is 15.2 Å². The fraction of sp³-hybridized carbons (Fsp3) is 0.125. The third-order valence-electron chi connectivity index (χ3n) is 5.09. The Morgan fingerprint density at radius 2 is 1.97 bits per heavy atom. The first-order valence-electron chi connectivity index (χ1n) is 10.4. The number of carbonyl (C=O) groups excluding carboxylic acids is 1. The van der Waals surface area contributed by atoms with Gasteiger partial charge >= 0.3 is 6.36 Å². The normalized spacial score (nSPS) is 13.0. The third kappa shape index (κ3) is 5.54. The zero-order chi connectivity index (χ0) is 25.9. The van der Waals surface area contributed by atoms with Crippen LogP contribution < -0.4 is 20.2 Å². The van der Waals surface area contributed by atoms with Gasteiger partial charge in [0, 0.05) is 31.1 Å². The molecule has 0 saturated heterocycles. The summed E-state index contributed by atoms with van der Waals surface area (Å²) in [5.74, 6) is -2.29. The zero-order valence-electron chi connectivity index (χ0n) is 18.7. The van der Waals surface area contributed by atoms with Gasteiger partial charge in [-0.15, -0.1) is 13.2 Å². The summed E-state index contributed by atoms with van der Waals surface area (Å²) in [5, 5.41) is 3.45. The lowest BCUT2D eigenvalue weighted by atomic mass is 10.0. The summed E-state index contributed by atoms with van der Waals surface area (Å²) >= 11 is 0. The quantitative estimate of drug-likeness (QED) is 0.464. The van der Waals surface area contributed by atoms with Gasteiger partial charge in [-0.2, -0.15) is 0 Å². The molecule has 0 spiro atoms. The second-order valence-corrected chi connectivity index (χ2v) is 7.49. The van der Waals surface area contributed by atoms with Crippen LogP contribution in [0, 0.1) is 5.82 Å². The van der Waals surface area contributed by atoms with Gasteiger partial charge in [-0.1, -0.05) is 18.2 Å². The highest BCUT2D eigenvalue weighted by molar-refractivity contribution is 5.94. The highest BCUT2D eigenvalue weighted by Crippen LogP contribution is 2.43. The molecular formula is C24H19F4N5O3. The van der Waals surface area contributed by atoms with E-state index >= 15 is 0 Å². The van der Waals surface area contributed by atoms with E-state index in [-0.39, 0.29) is 22.6 Å². The second kappa shape index (κ2) is 9.94. The maximum Gasteiger partial charge on any atom is 0.573 e. The largest absolute Gasteiger partial charge is 0.573 e. The van der Waals surface area contributed by atoms with Gasteiger partial charge in [-0.25, -0.2) is 14.4 Å². The minimum absolute atomic E-state index is 0.0718. The van der Waals surface area contributed by atoms with E-state index in [0.717, 1.165) is 12.1 Å². The van der Waals surface area contributed by atoms with Crippen LogP contribution in [0.3, 0.4) is 0 Å². The Balaban J connectivity index is 1.72. The average molecular weight is 501 g/mol. The number of para-hydroxylation sites is 1. The molecule has 1 aromatic heterocycles. The number of halogens is 4. The number of amides is 1. The first-order valence-corrected chi connectivity index (χ1v) is 10.4. The Kier molecular flexibility index (Phi) is 6.77. The lowest BCUT2D eigenvalue weighted by Gasteiger charge is -2.31. The molecule has 4 rings (SSSR count). The molecule has 2 aromatic carbocycles. The minimum atomic E-state index is -5.06.